The number of benzene rings is 5. The van der Waals surface area contributed by atoms with Crippen LogP contribution in [0.5, 0.6) is 5.75 Å². The molecule has 64 heavy (non-hydrogen) atoms. The number of hydrogen-bond acceptors (Lipinski definition) is 20. The Balaban J connectivity index is 1.45. The van der Waals surface area contributed by atoms with Gasteiger partial charge in [-0.05, 0) is 53.9 Å². The highest BCUT2D eigenvalue weighted by atomic mass is 32.3. The standard InChI is InChI=1S/C32H25FN8O18S5/c33-30-37-31(35-17-4-1-3-15(11-17)29(43)34-9-10-59-64(56,57)58)39-32(38-30)36-22-14-18(60(44,45)46)12-16-13-24(62(50,51)52)26(27(42)25(16)22)41-40-21-8-7-19-20(28(21)63(53,54)55)5-2-6-23(19)61(47,48)49/h1-8,11-14,42H,9-10H2,(H,34,43)(H,44,45,46)(H,47,48,49)(H,50,51,52)(H,53,54,55)(H,56,57,58)(H2,35,36,37,38,39). The third-order valence-corrected chi connectivity index (χ3v) is 12.3. The Bertz CT molecular complexity index is 3540. The summed E-state index contributed by atoms with van der Waals surface area (Å²) >= 11 is 0. The van der Waals surface area contributed by atoms with E-state index in [1.165, 1.54) is 24.3 Å². The second-order valence-electron chi connectivity index (χ2n) is 12.6. The van der Waals surface area contributed by atoms with Gasteiger partial charge >= 0.3 is 16.5 Å². The molecule has 1 amide bonds. The molecule has 0 saturated carbocycles. The average molecular weight is 989 g/mol. The van der Waals surface area contributed by atoms with E-state index in [1.54, 1.807) is 0 Å². The van der Waals surface area contributed by atoms with E-state index in [9.17, 15) is 74.6 Å². The molecule has 0 spiro atoms. The van der Waals surface area contributed by atoms with Gasteiger partial charge in [-0.1, -0.05) is 24.3 Å². The average Bonchev–Trinajstić information content (AvgIpc) is 3.16. The first-order valence-electron chi connectivity index (χ1n) is 16.8. The number of aromatic hydroxyl groups is 1. The first kappa shape index (κ1) is 47.0. The van der Waals surface area contributed by atoms with Crippen LogP contribution in [0.3, 0.4) is 0 Å². The maximum absolute atomic E-state index is 14.9. The maximum Gasteiger partial charge on any atom is 0.397 e. The van der Waals surface area contributed by atoms with Crippen molar-refractivity contribution in [2.24, 2.45) is 10.2 Å². The SMILES string of the molecule is O=C(NCCOS(=O)(=O)O)c1cccc(Nc2nc(F)nc(Nc3cc(S(=O)(=O)O)cc4cc(S(=O)(=O)O)c(N=Nc5ccc6c(S(=O)(=O)O)cccc6c5S(=O)(=O)O)c(O)c34)n2)c1. The van der Waals surface area contributed by atoms with Crippen LogP contribution in [0.15, 0.2) is 103 Å². The van der Waals surface area contributed by atoms with Crippen molar-refractivity contribution in [3.05, 3.63) is 84.4 Å². The Labute approximate surface area is 358 Å². The second-order valence-corrected chi connectivity index (χ2v) is 19.2. The van der Waals surface area contributed by atoms with E-state index in [0.29, 0.717) is 18.2 Å². The van der Waals surface area contributed by atoms with E-state index in [4.69, 9.17) is 4.55 Å². The largest absolute Gasteiger partial charge is 0.505 e. The number of halogens is 1. The smallest absolute Gasteiger partial charge is 0.397 e. The lowest BCUT2D eigenvalue weighted by Gasteiger charge is -2.15. The summed E-state index contributed by atoms with van der Waals surface area (Å²) in [7, 11) is -25.8. The number of fused-ring (bicyclic) bond motifs is 2. The molecule has 1 aromatic heterocycles. The third-order valence-electron chi connectivity index (χ3n) is 8.30. The zero-order valence-electron chi connectivity index (χ0n) is 31.1. The van der Waals surface area contributed by atoms with Gasteiger partial charge in [-0.3, -0.25) is 27.6 Å². The molecular weight excluding hydrogens is 964 g/mol. The van der Waals surface area contributed by atoms with Crippen LogP contribution < -0.4 is 16.0 Å². The highest BCUT2D eigenvalue weighted by Gasteiger charge is 2.28. The van der Waals surface area contributed by atoms with Crippen LogP contribution in [-0.2, 0) is 55.1 Å². The number of phenolic OH excluding ortho intramolecular Hbond substituents is 1. The van der Waals surface area contributed by atoms with Crippen LogP contribution in [0.25, 0.3) is 21.5 Å². The monoisotopic (exact) mass is 988 g/mol. The maximum atomic E-state index is 14.9. The number of aromatic nitrogens is 3. The van der Waals surface area contributed by atoms with Gasteiger partial charge in [-0.2, -0.15) is 61.4 Å². The zero-order chi connectivity index (χ0) is 47.2. The van der Waals surface area contributed by atoms with Crippen molar-refractivity contribution >= 4 is 113 Å². The minimum Gasteiger partial charge on any atom is -0.505 e. The van der Waals surface area contributed by atoms with Crippen molar-refractivity contribution in [1.82, 2.24) is 20.3 Å². The van der Waals surface area contributed by atoms with E-state index < -0.39 is 145 Å². The van der Waals surface area contributed by atoms with Gasteiger partial charge in [0.05, 0.1) is 17.2 Å². The molecule has 26 nitrogen and oxygen atoms in total. The summed E-state index contributed by atoms with van der Waals surface area (Å²) in [6, 6.07) is 11.7. The molecule has 0 unspecified atom stereocenters. The number of nitrogens with one attached hydrogen (secondary N) is 3. The number of azo groups is 1. The number of nitrogens with zero attached hydrogens (tertiary/aromatic N) is 5. The summed E-state index contributed by atoms with van der Waals surface area (Å²) in [5, 5.41) is 23.9. The Hall–Kier alpha value is -6.46. The zero-order valence-corrected chi connectivity index (χ0v) is 35.2. The minimum absolute atomic E-state index is 0.0352. The molecule has 338 valence electrons. The Kier molecular flexibility index (Phi) is 12.7. The summed E-state index contributed by atoms with van der Waals surface area (Å²) in [5.41, 5.74) is -2.63. The first-order chi connectivity index (χ1) is 29.6. The number of rotatable bonds is 15. The molecule has 32 heteroatoms. The van der Waals surface area contributed by atoms with Gasteiger partial charge in [0, 0.05) is 34.0 Å². The Morgan fingerprint density at radius 2 is 1.34 bits per heavy atom. The number of hydrogen-bond donors (Lipinski definition) is 9. The van der Waals surface area contributed by atoms with E-state index in [1.807, 2.05) is 0 Å². The number of anilines is 4. The highest BCUT2D eigenvalue weighted by Crippen LogP contribution is 2.46. The first-order valence-corrected chi connectivity index (χ1v) is 23.9. The number of carbonyl (C=O) groups excluding carboxylic acids is 1. The van der Waals surface area contributed by atoms with E-state index in [-0.39, 0.29) is 17.8 Å². The fourth-order valence-electron chi connectivity index (χ4n) is 5.83. The van der Waals surface area contributed by atoms with Crippen molar-refractivity contribution in [3.8, 4) is 5.75 Å². The molecular formula is C32H25FN8O18S5. The number of carbonyl (C=O) groups is 1. The molecule has 0 fully saturated rings. The molecule has 0 atom stereocenters. The highest BCUT2D eigenvalue weighted by molar-refractivity contribution is 7.87. The summed E-state index contributed by atoms with van der Waals surface area (Å²) < 4.78 is 188. The summed E-state index contributed by atoms with van der Waals surface area (Å²) in [5.74, 6) is -3.37. The number of amides is 1. The summed E-state index contributed by atoms with van der Waals surface area (Å²) in [6.45, 7) is -0.958. The van der Waals surface area contributed by atoms with Gasteiger partial charge in [0.15, 0.2) is 5.75 Å². The molecule has 0 bridgehead atoms. The van der Waals surface area contributed by atoms with Gasteiger partial charge in [-0.25, -0.2) is 4.18 Å². The predicted octanol–water partition coefficient (Wildman–Crippen LogP) is 3.46. The molecule has 5 aromatic carbocycles. The van der Waals surface area contributed by atoms with Crippen LogP contribution >= 0.6 is 0 Å². The molecule has 9 N–H and O–H groups in total. The molecule has 0 saturated heterocycles. The molecule has 0 aliphatic carbocycles. The van der Waals surface area contributed by atoms with Gasteiger partial charge in [0.2, 0.25) is 11.9 Å². The molecule has 0 radical (unpaired) electrons. The lowest BCUT2D eigenvalue weighted by atomic mass is 10.1. The normalized spacial score (nSPS) is 12.8. The van der Waals surface area contributed by atoms with Crippen molar-refractivity contribution < 1.29 is 83.3 Å². The van der Waals surface area contributed by atoms with Crippen molar-refractivity contribution in [3.63, 3.8) is 0 Å². The fraction of sp³-hybridized carbons (Fsp3) is 0.0625. The van der Waals surface area contributed by atoms with Gasteiger partial charge in [0.1, 0.15) is 26.1 Å². The van der Waals surface area contributed by atoms with Crippen molar-refractivity contribution in [1.29, 1.82) is 0 Å². The second kappa shape index (κ2) is 17.3. The van der Waals surface area contributed by atoms with Crippen LogP contribution in [0.2, 0.25) is 0 Å². The summed E-state index contributed by atoms with van der Waals surface area (Å²) in [6.07, 6.45) is -1.50. The summed E-state index contributed by atoms with van der Waals surface area (Å²) in [4.78, 5) is 19.3. The van der Waals surface area contributed by atoms with E-state index in [2.05, 4.69) is 45.3 Å². The molecule has 6 aromatic rings. The third kappa shape index (κ3) is 10.8. The molecule has 6 rings (SSSR count). The molecule has 1 heterocycles. The van der Waals surface area contributed by atoms with Crippen LogP contribution in [0.1, 0.15) is 10.4 Å². The predicted molar refractivity (Wildman–Crippen MR) is 216 cm³/mol. The van der Waals surface area contributed by atoms with Crippen LogP contribution in [0.4, 0.5) is 39.0 Å². The van der Waals surface area contributed by atoms with Gasteiger partial charge in [-0.15, -0.1) is 10.2 Å². The Morgan fingerprint density at radius 3 is 1.97 bits per heavy atom. The van der Waals surface area contributed by atoms with Crippen LogP contribution in [-0.4, -0.2) is 104 Å². The number of phenols is 1. The topological polar surface area (TPSA) is 418 Å². The molecule has 0 aliphatic heterocycles. The molecule has 0 aliphatic rings. The lowest BCUT2D eigenvalue weighted by molar-refractivity contribution is 0.0945. The van der Waals surface area contributed by atoms with Crippen molar-refractivity contribution in [2.45, 2.75) is 19.6 Å². The van der Waals surface area contributed by atoms with E-state index in [0.717, 1.165) is 30.3 Å². The Morgan fingerprint density at radius 1 is 0.688 bits per heavy atom. The minimum atomic E-state index is -5.49. The van der Waals surface area contributed by atoms with Crippen LogP contribution in [0, 0.1) is 6.08 Å². The lowest BCUT2D eigenvalue weighted by Crippen LogP contribution is -2.28. The van der Waals surface area contributed by atoms with E-state index >= 15 is 0 Å². The van der Waals surface area contributed by atoms with Gasteiger partial charge < -0.3 is 21.1 Å². The quantitative estimate of drug-likeness (QED) is 0.0404. The van der Waals surface area contributed by atoms with Gasteiger partial charge in [0.25, 0.3) is 46.4 Å². The fourth-order valence-corrected chi connectivity index (χ4v) is 8.86. The van der Waals surface area contributed by atoms with Crippen molar-refractivity contribution in [2.75, 3.05) is 23.8 Å².